The Kier molecular flexibility index (Phi) is 4.08. The molecule has 6 nitrogen and oxygen atoms in total. The lowest BCUT2D eigenvalue weighted by Gasteiger charge is -2.06. The molecule has 0 radical (unpaired) electrons. The third-order valence-corrected chi connectivity index (χ3v) is 3.52. The maximum absolute atomic E-state index is 12.6. The topological polar surface area (TPSA) is 93.2 Å². The van der Waals surface area contributed by atoms with Crippen molar-refractivity contribution in [1.82, 2.24) is 4.98 Å². The van der Waals surface area contributed by atoms with Crippen molar-refractivity contribution < 1.29 is 18.7 Å². The largest absolute Gasteiger partial charge is 0.465 e. The number of oxazole rings is 1. The molecule has 0 spiro atoms. The van der Waals surface area contributed by atoms with Crippen LogP contribution in [0.25, 0.3) is 11.1 Å². The summed E-state index contributed by atoms with van der Waals surface area (Å²) in [4.78, 5) is 28.4. The molecule has 0 N–H and O–H groups in total. The molecule has 0 saturated heterocycles. The van der Waals surface area contributed by atoms with Gasteiger partial charge in [0.1, 0.15) is 5.52 Å². The molecule has 3 aromatic rings. The molecule has 0 aliphatic carbocycles. The first-order valence-electron chi connectivity index (χ1n) is 7.11. The first-order chi connectivity index (χ1) is 11.6. The molecule has 24 heavy (non-hydrogen) atoms. The van der Waals surface area contributed by atoms with Crippen LogP contribution in [-0.2, 0) is 4.74 Å². The van der Waals surface area contributed by atoms with Gasteiger partial charge in [-0.25, -0.2) is 9.78 Å². The fraction of sp³-hybridized carbons (Fsp3) is 0.111. The summed E-state index contributed by atoms with van der Waals surface area (Å²) in [6.45, 7) is 0. The lowest BCUT2D eigenvalue weighted by Crippen LogP contribution is -2.13. The maximum atomic E-state index is 12.6. The third kappa shape index (κ3) is 2.75. The number of rotatable bonds is 4. The number of ether oxygens (including phenoxy) is 1. The minimum atomic E-state index is -1.19. The fourth-order valence-corrected chi connectivity index (χ4v) is 2.32. The number of nitrogens with zero attached hydrogens (tertiary/aromatic N) is 2. The van der Waals surface area contributed by atoms with E-state index in [1.807, 2.05) is 6.07 Å². The number of ketones is 1. The van der Waals surface area contributed by atoms with Crippen molar-refractivity contribution in [2.45, 2.75) is 5.92 Å². The third-order valence-electron chi connectivity index (χ3n) is 3.52. The predicted octanol–water partition coefficient (Wildman–Crippen LogP) is 3.10. The van der Waals surface area contributed by atoms with Crippen LogP contribution in [0.5, 0.6) is 0 Å². The van der Waals surface area contributed by atoms with Gasteiger partial charge in [0.25, 0.3) is 0 Å². The summed E-state index contributed by atoms with van der Waals surface area (Å²) in [6.07, 6.45) is 0. The van der Waals surface area contributed by atoms with Crippen molar-refractivity contribution in [3.63, 3.8) is 0 Å². The van der Waals surface area contributed by atoms with Crippen LogP contribution in [0.2, 0.25) is 0 Å². The van der Waals surface area contributed by atoms with Gasteiger partial charge in [-0.15, -0.1) is 0 Å². The zero-order valence-corrected chi connectivity index (χ0v) is 12.7. The van der Waals surface area contributed by atoms with E-state index in [9.17, 15) is 14.9 Å². The normalized spacial score (nSPS) is 11.7. The summed E-state index contributed by atoms with van der Waals surface area (Å²) in [6, 6.07) is 14.9. The van der Waals surface area contributed by atoms with E-state index in [1.165, 1.54) is 25.3 Å². The van der Waals surface area contributed by atoms with E-state index in [1.54, 1.807) is 30.3 Å². The van der Waals surface area contributed by atoms with Crippen molar-refractivity contribution in [2.75, 3.05) is 7.11 Å². The molecule has 2 aromatic carbocycles. The Balaban J connectivity index is 1.98. The number of carbonyl (C=O) groups is 2. The number of hydrogen-bond donors (Lipinski definition) is 0. The first-order valence-corrected chi connectivity index (χ1v) is 7.11. The molecular weight excluding hydrogens is 308 g/mol. The number of hydrogen-bond acceptors (Lipinski definition) is 6. The Morgan fingerprint density at radius 2 is 1.92 bits per heavy atom. The van der Waals surface area contributed by atoms with E-state index in [-0.39, 0.29) is 17.0 Å². The van der Waals surface area contributed by atoms with Crippen LogP contribution >= 0.6 is 0 Å². The Morgan fingerprint density at radius 3 is 2.62 bits per heavy atom. The average Bonchev–Trinajstić information content (AvgIpc) is 3.05. The van der Waals surface area contributed by atoms with Crippen molar-refractivity contribution in [2.24, 2.45) is 0 Å². The van der Waals surface area contributed by atoms with E-state index >= 15 is 0 Å². The molecule has 0 aliphatic rings. The summed E-state index contributed by atoms with van der Waals surface area (Å²) in [7, 11) is 1.26. The molecule has 6 heteroatoms. The van der Waals surface area contributed by atoms with E-state index in [4.69, 9.17) is 4.42 Å². The van der Waals surface area contributed by atoms with Crippen molar-refractivity contribution in [1.29, 1.82) is 5.26 Å². The van der Waals surface area contributed by atoms with Gasteiger partial charge in [-0.05, 0) is 24.3 Å². The van der Waals surface area contributed by atoms with Gasteiger partial charge < -0.3 is 9.15 Å². The highest BCUT2D eigenvalue weighted by Gasteiger charge is 2.27. The van der Waals surface area contributed by atoms with E-state index in [2.05, 4.69) is 9.72 Å². The van der Waals surface area contributed by atoms with E-state index in [0.29, 0.717) is 11.1 Å². The molecule has 0 saturated carbocycles. The zero-order valence-electron chi connectivity index (χ0n) is 12.7. The molecule has 0 bridgehead atoms. The number of Topliss-reactive ketones (excluding diaryl/α,β-unsaturated/α-hetero) is 1. The Morgan fingerprint density at radius 1 is 1.17 bits per heavy atom. The van der Waals surface area contributed by atoms with E-state index in [0.717, 1.165) is 0 Å². The quantitative estimate of drug-likeness (QED) is 0.541. The molecule has 1 aromatic heterocycles. The highest BCUT2D eigenvalue weighted by Crippen LogP contribution is 2.24. The average molecular weight is 320 g/mol. The fourth-order valence-electron chi connectivity index (χ4n) is 2.32. The standard InChI is InChI=1S/C18H12N2O4/c1-23-18(22)12-6-4-5-11(9-12)16(21)13(10-19)17-20-14-7-2-3-8-15(14)24-17/h2-9,13H,1H3. The summed E-state index contributed by atoms with van der Waals surface area (Å²) in [5.74, 6) is -2.20. The highest BCUT2D eigenvalue weighted by molar-refractivity contribution is 6.04. The molecule has 118 valence electrons. The summed E-state index contributed by atoms with van der Waals surface area (Å²) < 4.78 is 10.2. The van der Waals surface area contributed by atoms with Crippen LogP contribution in [0.3, 0.4) is 0 Å². The van der Waals surface area contributed by atoms with Gasteiger partial charge in [0, 0.05) is 5.56 Å². The summed E-state index contributed by atoms with van der Waals surface area (Å²) in [5.41, 5.74) is 1.53. The minimum Gasteiger partial charge on any atom is -0.465 e. The van der Waals surface area contributed by atoms with Gasteiger partial charge in [-0.2, -0.15) is 5.26 Å². The molecule has 0 amide bonds. The van der Waals surface area contributed by atoms with E-state index < -0.39 is 17.7 Å². The van der Waals surface area contributed by atoms with Gasteiger partial charge in [0.15, 0.2) is 17.3 Å². The lowest BCUT2D eigenvalue weighted by molar-refractivity contribution is 0.0600. The van der Waals surface area contributed by atoms with Gasteiger partial charge in [0.2, 0.25) is 5.89 Å². The molecule has 0 fully saturated rings. The van der Waals surface area contributed by atoms with Crippen LogP contribution < -0.4 is 0 Å². The van der Waals surface area contributed by atoms with Gasteiger partial charge in [0.05, 0.1) is 18.7 Å². The van der Waals surface area contributed by atoms with Crippen LogP contribution in [-0.4, -0.2) is 23.8 Å². The van der Waals surface area contributed by atoms with Crippen molar-refractivity contribution in [3.8, 4) is 6.07 Å². The predicted molar refractivity (Wildman–Crippen MR) is 84.5 cm³/mol. The summed E-state index contributed by atoms with van der Waals surface area (Å²) in [5, 5.41) is 9.40. The molecule has 1 atom stereocenters. The number of aromatic nitrogens is 1. The van der Waals surface area contributed by atoms with Gasteiger partial charge >= 0.3 is 5.97 Å². The molecule has 3 rings (SSSR count). The minimum absolute atomic E-state index is 0.0344. The number of nitriles is 1. The molecular formula is C18H12N2O4. The maximum Gasteiger partial charge on any atom is 0.337 e. The number of benzene rings is 2. The zero-order chi connectivity index (χ0) is 17.1. The van der Waals surface area contributed by atoms with Gasteiger partial charge in [-0.3, -0.25) is 4.79 Å². The SMILES string of the molecule is COC(=O)c1cccc(C(=O)C(C#N)c2nc3ccccc3o2)c1. The number of fused-ring (bicyclic) bond motifs is 1. The number of methoxy groups -OCH3 is 1. The van der Waals surface area contributed by atoms with Gasteiger partial charge in [-0.1, -0.05) is 24.3 Å². The smallest absolute Gasteiger partial charge is 0.337 e. The molecule has 1 heterocycles. The monoisotopic (exact) mass is 320 g/mol. The number of esters is 1. The second-order valence-electron chi connectivity index (χ2n) is 5.02. The Hall–Kier alpha value is -3.46. The second kappa shape index (κ2) is 6.34. The first kappa shape index (κ1) is 15.4. The number of para-hydroxylation sites is 2. The highest BCUT2D eigenvalue weighted by atomic mass is 16.5. The molecule has 1 unspecified atom stereocenters. The van der Waals surface area contributed by atoms with Crippen LogP contribution in [0.1, 0.15) is 32.5 Å². The molecule has 0 aliphatic heterocycles. The van der Waals surface area contributed by atoms with Crippen LogP contribution in [0, 0.1) is 11.3 Å². The Labute approximate surface area is 137 Å². The number of carbonyl (C=O) groups excluding carboxylic acids is 2. The lowest BCUT2D eigenvalue weighted by atomic mass is 9.97. The van der Waals surface area contributed by atoms with Crippen LogP contribution in [0.4, 0.5) is 0 Å². The van der Waals surface area contributed by atoms with Crippen LogP contribution in [0.15, 0.2) is 52.9 Å². The summed E-state index contributed by atoms with van der Waals surface area (Å²) >= 11 is 0. The van der Waals surface area contributed by atoms with Crippen molar-refractivity contribution >= 4 is 22.9 Å². The second-order valence-corrected chi connectivity index (χ2v) is 5.02. The Bertz CT molecular complexity index is 935. The van der Waals surface area contributed by atoms with Crippen molar-refractivity contribution in [3.05, 3.63) is 65.5 Å².